The Labute approximate surface area is 143 Å². The summed E-state index contributed by atoms with van der Waals surface area (Å²) in [6, 6.07) is 10.0. The van der Waals surface area contributed by atoms with E-state index in [4.69, 9.17) is 11.5 Å². The third kappa shape index (κ3) is 1.85. The highest BCUT2D eigenvalue weighted by Crippen LogP contribution is 2.43. The van der Waals surface area contributed by atoms with E-state index in [0.717, 1.165) is 44.4 Å². The van der Waals surface area contributed by atoms with Gasteiger partial charge in [-0.05, 0) is 17.7 Å². The van der Waals surface area contributed by atoms with Crippen molar-refractivity contribution in [1.29, 1.82) is 0 Å². The van der Waals surface area contributed by atoms with Gasteiger partial charge in [0.05, 0.1) is 11.2 Å². The van der Waals surface area contributed by atoms with E-state index in [-0.39, 0.29) is 6.04 Å². The molecular weight excluding hydrogens is 312 g/mol. The highest BCUT2D eigenvalue weighted by molar-refractivity contribution is 6.00. The maximum Gasteiger partial charge on any atom is 0.152 e. The largest absolute Gasteiger partial charge is 0.382 e. The van der Waals surface area contributed by atoms with Crippen molar-refractivity contribution in [3.8, 4) is 11.1 Å². The van der Waals surface area contributed by atoms with Crippen LogP contribution in [-0.2, 0) is 6.42 Å². The first kappa shape index (κ1) is 14.1. The molecule has 0 radical (unpaired) electrons. The van der Waals surface area contributed by atoms with E-state index in [1.54, 1.807) is 0 Å². The molecule has 0 saturated heterocycles. The number of para-hydroxylation sites is 1. The summed E-state index contributed by atoms with van der Waals surface area (Å²) in [7, 11) is 0. The summed E-state index contributed by atoms with van der Waals surface area (Å²) >= 11 is 0. The zero-order chi connectivity index (χ0) is 17.1. The second kappa shape index (κ2) is 4.87. The molecule has 0 amide bonds. The van der Waals surface area contributed by atoms with Gasteiger partial charge in [0.25, 0.3) is 0 Å². The lowest BCUT2D eigenvalue weighted by molar-refractivity contribution is 0.785. The predicted molar refractivity (Wildman–Crippen MR) is 98.8 cm³/mol. The van der Waals surface area contributed by atoms with Gasteiger partial charge in [-0.3, -0.25) is 4.98 Å². The summed E-state index contributed by atoms with van der Waals surface area (Å²) in [5.41, 5.74) is 19.1. The molecule has 6 nitrogen and oxygen atoms in total. The number of pyridine rings is 1. The minimum Gasteiger partial charge on any atom is -0.382 e. The average Bonchev–Trinajstić information content (AvgIpc) is 3.10. The van der Waals surface area contributed by atoms with E-state index in [2.05, 4.69) is 27.7 Å². The normalized spacial score (nSPS) is 16.7. The Morgan fingerprint density at radius 2 is 2.00 bits per heavy atom. The van der Waals surface area contributed by atoms with Gasteiger partial charge >= 0.3 is 0 Å². The molecule has 1 aliphatic rings. The summed E-state index contributed by atoms with van der Waals surface area (Å²) in [6.07, 6.45) is 4.02. The van der Waals surface area contributed by atoms with Crippen LogP contribution in [0.15, 0.2) is 49.4 Å². The quantitative estimate of drug-likeness (QED) is 0.559. The van der Waals surface area contributed by atoms with Crippen LogP contribution in [0.25, 0.3) is 33.1 Å². The molecule has 0 bridgehead atoms. The second-order valence-electron chi connectivity index (χ2n) is 6.35. The molecule has 3 heterocycles. The zero-order valence-electron chi connectivity index (χ0n) is 13.5. The van der Waals surface area contributed by atoms with E-state index < -0.39 is 0 Å². The monoisotopic (exact) mass is 328 g/mol. The first-order valence-corrected chi connectivity index (χ1v) is 8.09. The van der Waals surface area contributed by atoms with Crippen LogP contribution in [0.3, 0.4) is 0 Å². The topological polar surface area (TPSA) is 95.1 Å². The lowest BCUT2D eigenvalue weighted by Crippen LogP contribution is -2.19. The number of benzene rings is 1. The van der Waals surface area contributed by atoms with Crippen LogP contribution in [0.2, 0.25) is 0 Å². The summed E-state index contributed by atoms with van der Waals surface area (Å²) < 4.78 is 1.85. The van der Waals surface area contributed by atoms with E-state index in [1.807, 2.05) is 35.0 Å². The van der Waals surface area contributed by atoms with Crippen molar-refractivity contribution < 1.29 is 0 Å². The van der Waals surface area contributed by atoms with Crippen molar-refractivity contribution in [3.63, 3.8) is 0 Å². The van der Waals surface area contributed by atoms with Crippen LogP contribution in [-0.4, -0.2) is 25.6 Å². The van der Waals surface area contributed by atoms with Gasteiger partial charge < -0.3 is 11.5 Å². The van der Waals surface area contributed by atoms with Crippen LogP contribution in [0, 0.1) is 0 Å². The van der Waals surface area contributed by atoms with Gasteiger partial charge in [-0.15, -0.1) is 0 Å². The van der Waals surface area contributed by atoms with Gasteiger partial charge in [0, 0.05) is 40.7 Å². The van der Waals surface area contributed by atoms with Crippen molar-refractivity contribution in [2.75, 3.05) is 5.73 Å². The van der Waals surface area contributed by atoms with Gasteiger partial charge in [0.1, 0.15) is 11.8 Å². The van der Waals surface area contributed by atoms with Gasteiger partial charge in [-0.2, -0.15) is 5.10 Å². The SMILES string of the molecule is C=C1c2c(-c3cnc4ccccc4c3)c3c(N)ncnn3c2C[C@H]1N. The molecule has 4 N–H and O–H groups in total. The average molecular weight is 328 g/mol. The van der Waals surface area contributed by atoms with Gasteiger partial charge in [-0.25, -0.2) is 9.50 Å². The summed E-state index contributed by atoms with van der Waals surface area (Å²) in [6.45, 7) is 4.20. The van der Waals surface area contributed by atoms with Gasteiger partial charge in [0.2, 0.25) is 0 Å². The van der Waals surface area contributed by atoms with Crippen molar-refractivity contribution in [2.45, 2.75) is 12.5 Å². The third-order valence-electron chi connectivity index (χ3n) is 4.91. The van der Waals surface area contributed by atoms with E-state index in [1.165, 1.54) is 6.33 Å². The first-order valence-electron chi connectivity index (χ1n) is 8.09. The highest BCUT2D eigenvalue weighted by Gasteiger charge is 2.32. The van der Waals surface area contributed by atoms with Crippen LogP contribution in [0.5, 0.6) is 0 Å². The molecule has 4 aromatic rings. The Hall–Kier alpha value is -3.25. The van der Waals surface area contributed by atoms with Crippen molar-refractivity contribution in [3.05, 3.63) is 60.7 Å². The second-order valence-corrected chi connectivity index (χ2v) is 6.35. The Balaban J connectivity index is 1.90. The Morgan fingerprint density at radius 3 is 2.88 bits per heavy atom. The Morgan fingerprint density at radius 1 is 1.16 bits per heavy atom. The fourth-order valence-corrected chi connectivity index (χ4v) is 3.71. The van der Waals surface area contributed by atoms with E-state index >= 15 is 0 Å². The Kier molecular flexibility index (Phi) is 2.75. The minimum absolute atomic E-state index is 0.106. The molecule has 0 fully saturated rings. The molecular formula is C19H16N6. The molecule has 1 aromatic carbocycles. The molecule has 122 valence electrons. The van der Waals surface area contributed by atoms with E-state index in [9.17, 15) is 0 Å². The summed E-state index contributed by atoms with van der Waals surface area (Å²) in [5.74, 6) is 0.439. The summed E-state index contributed by atoms with van der Waals surface area (Å²) in [5, 5.41) is 5.47. The number of fused-ring (bicyclic) bond motifs is 4. The maximum atomic E-state index is 6.24. The molecule has 25 heavy (non-hydrogen) atoms. The number of rotatable bonds is 1. The first-order chi connectivity index (χ1) is 12.1. The molecule has 6 heteroatoms. The fraction of sp³-hybridized carbons (Fsp3) is 0.105. The van der Waals surface area contributed by atoms with Crippen LogP contribution in [0.4, 0.5) is 5.82 Å². The fourth-order valence-electron chi connectivity index (χ4n) is 3.71. The lowest BCUT2D eigenvalue weighted by atomic mass is 9.98. The van der Waals surface area contributed by atoms with Crippen molar-refractivity contribution in [1.82, 2.24) is 19.6 Å². The third-order valence-corrected chi connectivity index (χ3v) is 4.91. The number of nitrogens with zero attached hydrogens (tertiary/aromatic N) is 4. The van der Waals surface area contributed by atoms with Crippen molar-refractivity contribution >= 4 is 27.8 Å². The van der Waals surface area contributed by atoms with Gasteiger partial charge in [-0.1, -0.05) is 24.8 Å². The number of hydrogen-bond donors (Lipinski definition) is 2. The number of aromatic nitrogens is 4. The molecule has 3 aromatic heterocycles. The smallest absolute Gasteiger partial charge is 0.152 e. The molecule has 1 aliphatic carbocycles. The number of nitrogens with two attached hydrogens (primary N) is 2. The van der Waals surface area contributed by atoms with Crippen LogP contribution < -0.4 is 11.5 Å². The summed E-state index contributed by atoms with van der Waals surface area (Å²) in [4.78, 5) is 8.77. The molecule has 5 rings (SSSR count). The molecule has 0 saturated carbocycles. The highest BCUT2D eigenvalue weighted by atomic mass is 15.3. The minimum atomic E-state index is -0.106. The zero-order valence-corrected chi connectivity index (χ0v) is 13.5. The van der Waals surface area contributed by atoms with Crippen LogP contribution >= 0.6 is 0 Å². The molecule has 0 spiro atoms. The van der Waals surface area contributed by atoms with Crippen LogP contribution in [0.1, 0.15) is 11.3 Å². The lowest BCUT2D eigenvalue weighted by Gasteiger charge is -2.10. The number of anilines is 1. The molecule has 0 aliphatic heterocycles. The number of hydrogen-bond acceptors (Lipinski definition) is 5. The predicted octanol–water partition coefficient (Wildman–Crippen LogP) is 2.42. The Bertz CT molecular complexity index is 1170. The molecule has 0 unspecified atom stereocenters. The number of nitrogen functional groups attached to an aromatic ring is 1. The van der Waals surface area contributed by atoms with Gasteiger partial charge in [0.15, 0.2) is 5.82 Å². The van der Waals surface area contributed by atoms with E-state index in [0.29, 0.717) is 12.2 Å². The molecule has 1 atom stereocenters. The standard InChI is InChI=1S/C19H16N6/c1-10-13(20)7-15-16(10)17(18-19(21)23-9-24-25(15)18)12-6-11-4-2-3-5-14(11)22-8-12/h2-6,8-9,13H,1,7,20H2,(H2,21,23,24)/t13-/m1/s1. The maximum absolute atomic E-state index is 6.24. The van der Waals surface area contributed by atoms with Crippen molar-refractivity contribution in [2.24, 2.45) is 5.73 Å².